The van der Waals surface area contributed by atoms with E-state index in [0.717, 1.165) is 44.3 Å². The van der Waals surface area contributed by atoms with E-state index in [-0.39, 0.29) is 22.5 Å². The lowest BCUT2D eigenvalue weighted by molar-refractivity contribution is -0.122. The molecule has 1 aromatic heterocycles. The van der Waals surface area contributed by atoms with Gasteiger partial charge in [-0.25, -0.2) is 4.98 Å². The Morgan fingerprint density at radius 3 is 2.55 bits per heavy atom. The van der Waals surface area contributed by atoms with Crippen molar-refractivity contribution in [2.75, 3.05) is 18.0 Å². The molecule has 2 heterocycles. The number of nitriles is 1. The monoisotopic (exact) mass is 427 g/mol. The number of carbonyl (C=O) groups excluding carboxylic acids is 1. The molecule has 6 nitrogen and oxygen atoms in total. The third-order valence-electron chi connectivity index (χ3n) is 5.60. The Bertz CT molecular complexity index is 933. The van der Waals surface area contributed by atoms with Crippen LogP contribution in [0.2, 0.25) is 5.28 Å². The topological polar surface area (TPSA) is 81.9 Å². The summed E-state index contributed by atoms with van der Waals surface area (Å²) in [5.74, 6) is 1.34. The molecule has 1 amide bonds. The van der Waals surface area contributed by atoms with Gasteiger partial charge >= 0.3 is 0 Å². The maximum Gasteiger partial charge on any atom is 0.224 e. The molecule has 2 aromatic rings. The molecule has 1 saturated heterocycles. The van der Waals surface area contributed by atoms with Gasteiger partial charge in [0.2, 0.25) is 11.2 Å². The fourth-order valence-electron chi connectivity index (χ4n) is 3.73. The van der Waals surface area contributed by atoms with Gasteiger partial charge in [0.1, 0.15) is 11.6 Å². The Labute approximate surface area is 180 Å². The van der Waals surface area contributed by atoms with Gasteiger partial charge < -0.3 is 10.2 Å². The van der Waals surface area contributed by atoms with Crippen molar-refractivity contribution < 1.29 is 4.79 Å². The molecule has 1 aliphatic heterocycles. The molecule has 2 fully saturated rings. The van der Waals surface area contributed by atoms with E-state index in [1.807, 2.05) is 12.1 Å². The molecule has 1 N–H and O–H groups in total. The highest BCUT2D eigenvalue weighted by Crippen LogP contribution is 2.33. The second-order valence-corrected chi connectivity index (χ2v) is 8.46. The van der Waals surface area contributed by atoms with Crippen LogP contribution in [-0.2, 0) is 4.79 Å². The van der Waals surface area contributed by atoms with E-state index in [4.69, 9.17) is 11.6 Å². The largest absolute Gasteiger partial charge is 0.355 e. The zero-order valence-electron chi connectivity index (χ0n) is 15.9. The Kier molecular flexibility index (Phi) is 5.93. The lowest BCUT2D eigenvalue weighted by Crippen LogP contribution is -2.34. The van der Waals surface area contributed by atoms with Crippen molar-refractivity contribution in [3.8, 4) is 6.07 Å². The standard InChI is InChI=1S/C21H22ClN5OS/c22-21-24-12-17(11-23)18(25-21)27-9-7-14(8-10-27)13-1-5-16(6-2-13)20(29)26-19(28)15-3-4-15/h1-2,5-6,12,14-15,20,29H,3-4,7-10H2,(H,26,28). The Morgan fingerprint density at radius 2 is 1.93 bits per heavy atom. The molecule has 1 aliphatic carbocycles. The van der Waals surface area contributed by atoms with E-state index < -0.39 is 0 Å². The van der Waals surface area contributed by atoms with Crippen LogP contribution in [0.25, 0.3) is 0 Å². The van der Waals surface area contributed by atoms with Gasteiger partial charge in [0.15, 0.2) is 5.82 Å². The van der Waals surface area contributed by atoms with Crippen LogP contribution in [0.4, 0.5) is 5.82 Å². The summed E-state index contributed by atoms with van der Waals surface area (Å²) in [5.41, 5.74) is 2.73. The number of anilines is 1. The van der Waals surface area contributed by atoms with Gasteiger partial charge in [0.05, 0.1) is 11.6 Å². The number of piperidine rings is 1. The summed E-state index contributed by atoms with van der Waals surface area (Å²) in [4.78, 5) is 22.2. The number of carbonyl (C=O) groups is 1. The van der Waals surface area contributed by atoms with Crippen molar-refractivity contribution in [1.29, 1.82) is 5.26 Å². The van der Waals surface area contributed by atoms with Crippen molar-refractivity contribution in [1.82, 2.24) is 15.3 Å². The number of benzene rings is 1. The number of amides is 1. The first-order valence-corrected chi connectivity index (χ1v) is 10.7. The van der Waals surface area contributed by atoms with Crippen LogP contribution in [0.3, 0.4) is 0 Å². The molecule has 0 radical (unpaired) electrons. The van der Waals surface area contributed by atoms with Crippen LogP contribution in [-0.4, -0.2) is 29.0 Å². The van der Waals surface area contributed by atoms with Gasteiger partial charge in [-0.1, -0.05) is 24.3 Å². The quantitative estimate of drug-likeness (QED) is 0.430. The fourth-order valence-corrected chi connectivity index (χ4v) is 4.16. The molecule has 2 aliphatic rings. The SMILES string of the molecule is N#Cc1cnc(Cl)nc1N1CCC(c2ccc(C(S)NC(=O)C3CC3)cc2)CC1. The summed E-state index contributed by atoms with van der Waals surface area (Å²) in [6, 6.07) is 10.5. The minimum Gasteiger partial charge on any atom is -0.355 e. The molecule has 0 spiro atoms. The van der Waals surface area contributed by atoms with E-state index in [9.17, 15) is 10.1 Å². The molecule has 1 unspecified atom stereocenters. The van der Waals surface area contributed by atoms with Crippen molar-refractivity contribution in [2.24, 2.45) is 5.92 Å². The van der Waals surface area contributed by atoms with Crippen molar-refractivity contribution >= 4 is 36.0 Å². The molecule has 29 heavy (non-hydrogen) atoms. The van der Waals surface area contributed by atoms with E-state index >= 15 is 0 Å². The van der Waals surface area contributed by atoms with Gasteiger partial charge in [0.25, 0.3) is 0 Å². The van der Waals surface area contributed by atoms with Crippen LogP contribution >= 0.6 is 24.2 Å². The van der Waals surface area contributed by atoms with Crippen LogP contribution in [0, 0.1) is 17.2 Å². The number of halogens is 1. The van der Waals surface area contributed by atoms with E-state index in [2.05, 4.69) is 51.0 Å². The van der Waals surface area contributed by atoms with E-state index in [1.54, 1.807) is 0 Å². The number of thiol groups is 1. The smallest absolute Gasteiger partial charge is 0.224 e. The van der Waals surface area contributed by atoms with E-state index in [0.29, 0.717) is 17.3 Å². The number of rotatable bonds is 5. The maximum atomic E-state index is 11.9. The predicted molar refractivity (Wildman–Crippen MR) is 115 cm³/mol. The van der Waals surface area contributed by atoms with Gasteiger partial charge in [-0.15, -0.1) is 12.6 Å². The lowest BCUT2D eigenvalue weighted by atomic mass is 9.89. The molecule has 1 saturated carbocycles. The molecule has 4 rings (SSSR count). The Hall–Kier alpha value is -2.30. The highest BCUT2D eigenvalue weighted by atomic mass is 35.5. The molecule has 1 atom stereocenters. The van der Waals surface area contributed by atoms with Crippen LogP contribution < -0.4 is 10.2 Å². The first-order valence-electron chi connectivity index (χ1n) is 9.81. The van der Waals surface area contributed by atoms with Gasteiger partial charge in [-0.2, -0.15) is 10.2 Å². The van der Waals surface area contributed by atoms with Crippen molar-refractivity contribution in [3.63, 3.8) is 0 Å². The minimum absolute atomic E-state index is 0.100. The van der Waals surface area contributed by atoms with E-state index in [1.165, 1.54) is 11.8 Å². The lowest BCUT2D eigenvalue weighted by Gasteiger charge is -2.33. The number of hydrogen-bond donors (Lipinski definition) is 2. The number of nitrogens with zero attached hydrogens (tertiary/aromatic N) is 4. The second-order valence-electron chi connectivity index (χ2n) is 7.60. The molecule has 0 bridgehead atoms. The summed E-state index contributed by atoms with van der Waals surface area (Å²) in [6.45, 7) is 1.61. The van der Waals surface area contributed by atoms with Gasteiger partial charge in [-0.05, 0) is 54.3 Å². The third kappa shape index (κ3) is 4.65. The summed E-state index contributed by atoms with van der Waals surface area (Å²) in [6.07, 6.45) is 5.39. The minimum atomic E-state index is -0.272. The zero-order valence-corrected chi connectivity index (χ0v) is 17.5. The second kappa shape index (κ2) is 8.60. The van der Waals surface area contributed by atoms with Crippen molar-refractivity contribution in [2.45, 2.75) is 37.0 Å². The van der Waals surface area contributed by atoms with Crippen LogP contribution in [0.5, 0.6) is 0 Å². The van der Waals surface area contributed by atoms with Gasteiger partial charge in [0, 0.05) is 19.0 Å². The molecule has 150 valence electrons. The number of hydrogen-bond acceptors (Lipinski definition) is 6. The number of aromatic nitrogens is 2. The zero-order chi connectivity index (χ0) is 20.4. The molecule has 8 heteroatoms. The van der Waals surface area contributed by atoms with Crippen LogP contribution in [0.15, 0.2) is 30.5 Å². The Balaban J connectivity index is 1.37. The Morgan fingerprint density at radius 1 is 1.24 bits per heavy atom. The molecular weight excluding hydrogens is 406 g/mol. The highest BCUT2D eigenvalue weighted by Gasteiger charge is 2.30. The first-order chi connectivity index (χ1) is 14.0. The summed E-state index contributed by atoms with van der Waals surface area (Å²) in [7, 11) is 0. The van der Waals surface area contributed by atoms with Crippen LogP contribution in [0.1, 0.15) is 53.7 Å². The average molecular weight is 428 g/mol. The maximum absolute atomic E-state index is 11.9. The normalized spacial score (nSPS) is 18.2. The molecular formula is C21H22ClN5OS. The summed E-state index contributed by atoms with van der Waals surface area (Å²) < 4.78 is 0. The molecule has 1 aromatic carbocycles. The third-order valence-corrected chi connectivity index (χ3v) is 6.21. The summed E-state index contributed by atoms with van der Waals surface area (Å²) >= 11 is 10.5. The predicted octanol–water partition coefficient (Wildman–Crippen LogP) is 3.84. The highest BCUT2D eigenvalue weighted by molar-refractivity contribution is 7.80. The fraction of sp³-hybridized carbons (Fsp3) is 0.429. The average Bonchev–Trinajstić information content (AvgIpc) is 3.59. The number of nitrogens with one attached hydrogen (secondary N) is 1. The summed E-state index contributed by atoms with van der Waals surface area (Å²) in [5, 5.41) is 12.1. The first kappa shape index (κ1) is 20.0. The van der Waals surface area contributed by atoms with Gasteiger partial charge in [-0.3, -0.25) is 4.79 Å². The van der Waals surface area contributed by atoms with Crippen molar-refractivity contribution in [3.05, 3.63) is 52.4 Å².